The number of furan rings is 1. The molecule has 0 saturated carbocycles. The lowest BCUT2D eigenvalue weighted by Gasteiger charge is -2.15. The smallest absolute Gasteiger partial charge is 0.445 e. The van der Waals surface area contributed by atoms with E-state index in [9.17, 15) is 18.0 Å². The highest BCUT2D eigenvalue weighted by Crippen LogP contribution is 2.23. The van der Waals surface area contributed by atoms with Crippen LogP contribution in [-0.4, -0.2) is 19.1 Å². The van der Waals surface area contributed by atoms with E-state index < -0.39 is 12.1 Å². The highest BCUT2D eigenvalue weighted by atomic mass is 19.4. The molecule has 0 aliphatic carbocycles. The van der Waals surface area contributed by atoms with Crippen LogP contribution in [0.1, 0.15) is 5.76 Å². The van der Waals surface area contributed by atoms with Gasteiger partial charge in [-0.15, -0.1) is 0 Å². The SMILES string of the molecule is Cc1ccc(N(C)C(=O)C(F)(F)F)o1. The lowest BCUT2D eigenvalue weighted by molar-refractivity contribution is -0.170. The normalized spacial score (nSPS) is 11.5. The molecule has 0 atom stereocenters. The van der Waals surface area contributed by atoms with Crippen LogP contribution in [0.25, 0.3) is 0 Å². The fourth-order valence-electron chi connectivity index (χ4n) is 0.892. The molecular weight excluding hydrogens is 199 g/mol. The highest BCUT2D eigenvalue weighted by molar-refractivity contribution is 5.95. The van der Waals surface area contributed by atoms with Gasteiger partial charge in [-0.1, -0.05) is 0 Å². The summed E-state index contributed by atoms with van der Waals surface area (Å²) in [5, 5.41) is 0. The molecule has 0 aliphatic rings. The van der Waals surface area contributed by atoms with Crippen molar-refractivity contribution in [1.82, 2.24) is 0 Å². The van der Waals surface area contributed by atoms with Gasteiger partial charge in [0.2, 0.25) is 5.88 Å². The van der Waals surface area contributed by atoms with Gasteiger partial charge in [0.05, 0.1) is 0 Å². The third-order valence-corrected chi connectivity index (χ3v) is 1.60. The maximum absolute atomic E-state index is 12.0. The molecule has 0 spiro atoms. The number of nitrogens with zero attached hydrogens (tertiary/aromatic N) is 1. The molecule has 1 amide bonds. The van der Waals surface area contributed by atoms with Crippen LogP contribution in [0.3, 0.4) is 0 Å². The quantitative estimate of drug-likeness (QED) is 0.706. The number of hydrogen-bond acceptors (Lipinski definition) is 2. The minimum Gasteiger partial charge on any atom is -0.445 e. The first-order valence-electron chi connectivity index (χ1n) is 3.73. The standard InChI is InChI=1S/C8H8F3NO2/c1-5-3-4-6(14-5)12(2)7(13)8(9,10)11/h3-4H,1-2H3. The Labute approximate surface area is 78.1 Å². The molecule has 3 nitrogen and oxygen atoms in total. The molecule has 0 unspecified atom stereocenters. The number of carbonyl (C=O) groups excluding carboxylic acids is 1. The van der Waals surface area contributed by atoms with Crippen molar-refractivity contribution in [2.75, 3.05) is 11.9 Å². The van der Waals surface area contributed by atoms with Crippen molar-refractivity contribution in [3.8, 4) is 0 Å². The van der Waals surface area contributed by atoms with Gasteiger partial charge >= 0.3 is 12.1 Å². The molecule has 0 N–H and O–H groups in total. The lowest BCUT2D eigenvalue weighted by atomic mass is 10.4. The number of hydrogen-bond donors (Lipinski definition) is 0. The molecule has 1 rings (SSSR count). The van der Waals surface area contributed by atoms with E-state index in [0.29, 0.717) is 10.7 Å². The van der Waals surface area contributed by atoms with Gasteiger partial charge in [0.1, 0.15) is 5.76 Å². The van der Waals surface area contributed by atoms with Crippen molar-refractivity contribution in [2.45, 2.75) is 13.1 Å². The number of carbonyl (C=O) groups is 1. The summed E-state index contributed by atoms with van der Waals surface area (Å²) in [6.07, 6.45) is -4.88. The molecular formula is C8H8F3NO2. The van der Waals surface area contributed by atoms with Gasteiger partial charge in [-0.2, -0.15) is 13.2 Å². The van der Waals surface area contributed by atoms with Crippen molar-refractivity contribution >= 4 is 11.8 Å². The number of halogens is 3. The molecule has 6 heteroatoms. The Kier molecular flexibility index (Phi) is 2.55. The second-order valence-electron chi connectivity index (χ2n) is 2.75. The number of amides is 1. The van der Waals surface area contributed by atoms with Gasteiger partial charge in [-0.05, 0) is 13.0 Å². The van der Waals surface area contributed by atoms with Crippen molar-refractivity contribution in [3.05, 3.63) is 17.9 Å². The number of rotatable bonds is 1. The van der Waals surface area contributed by atoms with Gasteiger partial charge < -0.3 is 4.42 Å². The first-order valence-corrected chi connectivity index (χ1v) is 3.73. The first-order chi connectivity index (χ1) is 6.32. The maximum Gasteiger partial charge on any atom is 0.471 e. The molecule has 0 radical (unpaired) electrons. The molecule has 0 aliphatic heterocycles. The number of anilines is 1. The molecule has 1 aromatic heterocycles. The molecule has 0 fully saturated rings. The van der Waals surface area contributed by atoms with E-state index >= 15 is 0 Å². The molecule has 78 valence electrons. The third-order valence-electron chi connectivity index (χ3n) is 1.60. The van der Waals surface area contributed by atoms with Gasteiger partial charge in [0.15, 0.2) is 0 Å². The predicted molar refractivity (Wildman–Crippen MR) is 42.9 cm³/mol. The second kappa shape index (κ2) is 3.36. The summed E-state index contributed by atoms with van der Waals surface area (Å²) in [6, 6.07) is 2.79. The van der Waals surface area contributed by atoms with E-state index in [1.54, 1.807) is 6.92 Å². The van der Waals surface area contributed by atoms with Crippen molar-refractivity contribution in [1.29, 1.82) is 0 Å². The Morgan fingerprint density at radius 3 is 2.36 bits per heavy atom. The summed E-state index contributed by atoms with van der Waals surface area (Å²) in [4.78, 5) is 11.1. The largest absolute Gasteiger partial charge is 0.471 e. The van der Waals surface area contributed by atoms with Crippen LogP contribution >= 0.6 is 0 Å². The maximum atomic E-state index is 12.0. The van der Waals surface area contributed by atoms with Gasteiger partial charge in [0.25, 0.3) is 0 Å². The zero-order valence-electron chi connectivity index (χ0n) is 7.55. The van der Waals surface area contributed by atoms with Gasteiger partial charge in [0, 0.05) is 13.1 Å². The van der Waals surface area contributed by atoms with Crippen LogP contribution in [-0.2, 0) is 4.79 Å². The average Bonchev–Trinajstić information content (AvgIpc) is 2.47. The van der Waals surface area contributed by atoms with Crippen LogP contribution < -0.4 is 4.90 Å². The van der Waals surface area contributed by atoms with E-state index in [4.69, 9.17) is 4.42 Å². The molecule has 0 saturated heterocycles. The first kappa shape index (κ1) is 10.6. The number of aryl methyl sites for hydroxylation is 1. The Hall–Kier alpha value is -1.46. The Morgan fingerprint density at radius 1 is 1.43 bits per heavy atom. The number of alkyl halides is 3. The summed E-state index contributed by atoms with van der Waals surface area (Å²) in [5.74, 6) is -1.63. The summed E-state index contributed by atoms with van der Waals surface area (Å²) in [7, 11) is 1.01. The molecule has 0 bridgehead atoms. The van der Waals surface area contributed by atoms with Gasteiger partial charge in [-0.3, -0.25) is 9.69 Å². The zero-order chi connectivity index (χ0) is 10.9. The van der Waals surface area contributed by atoms with E-state index in [2.05, 4.69) is 0 Å². The zero-order valence-corrected chi connectivity index (χ0v) is 7.55. The van der Waals surface area contributed by atoms with E-state index in [1.165, 1.54) is 12.1 Å². The summed E-state index contributed by atoms with van der Waals surface area (Å²) in [5.41, 5.74) is 0. The van der Waals surface area contributed by atoms with Crippen LogP contribution in [0.4, 0.5) is 19.1 Å². The Balaban J connectivity index is 2.86. The van der Waals surface area contributed by atoms with Crippen LogP contribution in [0.15, 0.2) is 16.5 Å². The monoisotopic (exact) mass is 207 g/mol. The Bertz CT molecular complexity index is 343. The van der Waals surface area contributed by atoms with Crippen molar-refractivity contribution in [2.24, 2.45) is 0 Å². The second-order valence-corrected chi connectivity index (χ2v) is 2.75. The summed E-state index contributed by atoms with van der Waals surface area (Å²) in [6.45, 7) is 1.58. The highest BCUT2D eigenvalue weighted by Gasteiger charge is 2.42. The third kappa shape index (κ3) is 2.07. The Morgan fingerprint density at radius 2 is 2.00 bits per heavy atom. The molecule has 1 heterocycles. The van der Waals surface area contributed by atoms with Crippen LogP contribution in [0, 0.1) is 6.92 Å². The topological polar surface area (TPSA) is 33.5 Å². The summed E-state index contributed by atoms with van der Waals surface area (Å²) < 4.78 is 40.7. The molecule has 0 aromatic carbocycles. The van der Waals surface area contributed by atoms with Gasteiger partial charge in [-0.25, -0.2) is 0 Å². The average molecular weight is 207 g/mol. The predicted octanol–water partition coefficient (Wildman–Crippen LogP) is 2.11. The molecule has 14 heavy (non-hydrogen) atoms. The van der Waals surface area contributed by atoms with E-state index in [1.807, 2.05) is 0 Å². The fraction of sp³-hybridized carbons (Fsp3) is 0.375. The molecule has 1 aromatic rings. The van der Waals surface area contributed by atoms with Crippen LogP contribution in [0.5, 0.6) is 0 Å². The van der Waals surface area contributed by atoms with E-state index in [-0.39, 0.29) is 5.88 Å². The van der Waals surface area contributed by atoms with Crippen molar-refractivity contribution < 1.29 is 22.4 Å². The fourth-order valence-corrected chi connectivity index (χ4v) is 0.892. The summed E-state index contributed by atoms with van der Waals surface area (Å²) >= 11 is 0. The van der Waals surface area contributed by atoms with Crippen LogP contribution in [0.2, 0.25) is 0 Å². The minimum absolute atomic E-state index is 0.121. The van der Waals surface area contributed by atoms with Crippen molar-refractivity contribution in [3.63, 3.8) is 0 Å². The lowest BCUT2D eigenvalue weighted by Crippen LogP contribution is -2.38. The van der Waals surface area contributed by atoms with E-state index in [0.717, 1.165) is 7.05 Å². The minimum atomic E-state index is -4.88.